The number of hydrogen-bond donors (Lipinski definition) is 1. The Morgan fingerprint density at radius 2 is 1.53 bits per heavy atom. The predicted molar refractivity (Wildman–Crippen MR) is 143 cm³/mol. The number of carboxylic acids is 1. The lowest BCUT2D eigenvalue weighted by molar-refractivity contribution is -0.133. The predicted octanol–water partition coefficient (Wildman–Crippen LogP) is 6.83. The second kappa shape index (κ2) is 9.85. The van der Waals surface area contributed by atoms with Crippen molar-refractivity contribution in [1.29, 1.82) is 0 Å². The van der Waals surface area contributed by atoms with Crippen molar-refractivity contribution in [3.8, 4) is 0 Å². The molecule has 0 bridgehead atoms. The van der Waals surface area contributed by atoms with Crippen molar-refractivity contribution in [1.82, 2.24) is 4.31 Å². The van der Waals surface area contributed by atoms with Gasteiger partial charge in [-0.05, 0) is 59.2 Å². The van der Waals surface area contributed by atoms with Gasteiger partial charge in [0.15, 0.2) is 0 Å². The lowest BCUT2D eigenvalue weighted by atomic mass is 9.84. The Morgan fingerprint density at radius 1 is 0.944 bits per heavy atom. The summed E-state index contributed by atoms with van der Waals surface area (Å²) >= 11 is 6.11. The van der Waals surface area contributed by atoms with Gasteiger partial charge in [0.25, 0.3) is 0 Å². The Morgan fingerprint density at radius 3 is 2.08 bits per heavy atom. The topological polar surface area (TPSA) is 74.7 Å². The van der Waals surface area contributed by atoms with Crippen LogP contribution in [0.4, 0.5) is 0 Å². The summed E-state index contributed by atoms with van der Waals surface area (Å²) in [6.07, 6.45) is 1.87. The molecule has 0 saturated carbocycles. The van der Waals surface area contributed by atoms with Crippen molar-refractivity contribution >= 4 is 27.6 Å². The number of sulfonamides is 1. The number of benzene rings is 3. The Hall–Kier alpha value is -2.93. The highest BCUT2D eigenvalue weighted by Crippen LogP contribution is 2.46. The minimum Gasteiger partial charge on any atom is -0.478 e. The van der Waals surface area contributed by atoms with Gasteiger partial charge in [-0.15, -0.1) is 0 Å². The summed E-state index contributed by atoms with van der Waals surface area (Å²) in [4.78, 5) is 12.6. The van der Waals surface area contributed by atoms with E-state index in [9.17, 15) is 18.3 Å². The molecule has 0 fully saturated rings. The molecule has 1 heterocycles. The van der Waals surface area contributed by atoms with Gasteiger partial charge in [-0.25, -0.2) is 13.2 Å². The number of halogens is 1. The lowest BCUT2D eigenvalue weighted by Gasteiger charge is -2.41. The molecule has 5 nitrogen and oxygen atoms in total. The highest BCUT2D eigenvalue weighted by molar-refractivity contribution is 7.89. The van der Waals surface area contributed by atoms with Crippen molar-refractivity contribution in [3.05, 3.63) is 112 Å². The average molecular weight is 524 g/mol. The summed E-state index contributed by atoms with van der Waals surface area (Å²) in [7, 11) is -4.11. The van der Waals surface area contributed by atoms with Gasteiger partial charge in [0.1, 0.15) is 0 Å². The van der Waals surface area contributed by atoms with Crippen LogP contribution in [-0.4, -0.2) is 23.8 Å². The van der Waals surface area contributed by atoms with Gasteiger partial charge < -0.3 is 5.11 Å². The summed E-state index contributed by atoms with van der Waals surface area (Å²) in [5.41, 5.74) is 2.96. The van der Waals surface area contributed by atoms with Gasteiger partial charge in [-0.2, -0.15) is 4.31 Å². The molecule has 1 aliphatic heterocycles. The smallest absolute Gasteiger partial charge is 0.333 e. The van der Waals surface area contributed by atoms with E-state index >= 15 is 0 Å². The third-order valence-corrected chi connectivity index (χ3v) is 8.95. The van der Waals surface area contributed by atoms with Gasteiger partial charge in [0.05, 0.1) is 22.6 Å². The standard InChI is InChI=1S/C29H30ClNO4S/c1-19-7-5-6-8-26(19)36(34,35)31-25(20-11-15-23(30)16-12-20)18-17-24(28(32)33)27(31)21-9-13-22(14-10-21)29(2,3)4/h5-17,25,27H,18H2,1-4H3,(H,32,33)/t25-,27-/m0/s1. The molecule has 7 heteroatoms. The summed E-state index contributed by atoms with van der Waals surface area (Å²) < 4.78 is 30.0. The van der Waals surface area contributed by atoms with Crippen LogP contribution in [-0.2, 0) is 20.2 Å². The largest absolute Gasteiger partial charge is 0.478 e. The first kappa shape index (κ1) is 26.1. The van der Waals surface area contributed by atoms with Crippen LogP contribution < -0.4 is 0 Å². The maximum Gasteiger partial charge on any atom is 0.333 e. The van der Waals surface area contributed by atoms with Crippen molar-refractivity contribution in [3.63, 3.8) is 0 Å². The van der Waals surface area contributed by atoms with Gasteiger partial charge in [0.2, 0.25) is 10.0 Å². The Labute approximate surface area is 218 Å². The first-order valence-corrected chi connectivity index (χ1v) is 13.6. The molecule has 0 amide bonds. The van der Waals surface area contributed by atoms with E-state index in [1.54, 1.807) is 61.5 Å². The van der Waals surface area contributed by atoms with Crippen LogP contribution in [0.3, 0.4) is 0 Å². The molecule has 1 aliphatic rings. The first-order chi connectivity index (χ1) is 16.9. The van der Waals surface area contributed by atoms with Crippen molar-refractivity contribution in [2.75, 3.05) is 0 Å². The number of hydrogen-bond acceptors (Lipinski definition) is 3. The zero-order chi connectivity index (χ0) is 26.3. The fourth-order valence-corrected chi connectivity index (χ4v) is 6.84. The van der Waals surface area contributed by atoms with E-state index in [1.165, 1.54) is 4.31 Å². The highest BCUT2D eigenvalue weighted by Gasteiger charge is 2.45. The second-order valence-corrected chi connectivity index (χ2v) is 12.4. The lowest BCUT2D eigenvalue weighted by Crippen LogP contribution is -2.42. The van der Waals surface area contributed by atoms with Crippen LogP contribution >= 0.6 is 11.6 Å². The molecule has 0 saturated heterocycles. The van der Waals surface area contributed by atoms with Crippen LogP contribution in [0.25, 0.3) is 0 Å². The number of carbonyl (C=O) groups is 1. The number of aryl methyl sites for hydroxylation is 1. The molecule has 36 heavy (non-hydrogen) atoms. The van der Waals surface area contributed by atoms with Crippen molar-refractivity contribution < 1.29 is 18.3 Å². The molecule has 0 unspecified atom stereocenters. The van der Waals surface area contributed by atoms with Crippen molar-refractivity contribution in [2.45, 2.75) is 56.5 Å². The summed E-state index contributed by atoms with van der Waals surface area (Å²) in [5.74, 6) is -1.14. The molecule has 0 aromatic heterocycles. The molecular weight excluding hydrogens is 494 g/mol. The molecule has 3 aromatic rings. The fourth-order valence-electron chi connectivity index (χ4n) is 4.70. The quantitative estimate of drug-likeness (QED) is 0.397. The highest BCUT2D eigenvalue weighted by atomic mass is 35.5. The Kier molecular flexibility index (Phi) is 7.15. The normalized spacial score (nSPS) is 19.1. The third kappa shape index (κ3) is 4.99. The van der Waals surface area contributed by atoms with E-state index in [0.29, 0.717) is 16.1 Å². The van der Waals surface area contributed by atoms with E-state index in [0.717, 1.165) is 11.1 Å². The molecule has 0 radical (unpaired) electrons. The van der Waals surface area contributed by atoms with Crippen LogP contribution in [0.1, 0.15) is 61.5 Å². The Balaban J connectivity index is 1.97. The van der Waals surface area contributed by atoms with Gasteiger partial charge >= 0.3 is 5.97 Å². The zero-order valence-corrected chi connectivity index (χ0v) is 22.3. The minimum absolute atomic E-state index is 0.0425. The molecule has 1 N–H and O–H groups in total. The van der Waals surface area contributed by atoms with E-state index in [1.807, 2.05) is 24.3 Å². The van der Waals surface area contributed by atoms with E-state index < -0.39 is 28.1 Å². The molecule has 0 spiro atoms. The van der Waals surface area contributed by atoms with Crippen LogP contribution in [0.5, 0.6) is 0 Å². The monoisotopic (exact) mass is 523 g/mol. The summed E-state index contributed by atoms with van der Waals surface area (Å²) in [6, 6.07) is 19.8. The molecule has 2 atom stereocenters. The van der Waals surface area contributed by atoms with E-state index in [-0.39, 0.29) is 22.3 Å². The Bertz CT molecular complexity index is 1400. The first-order valence-electron chi connectivity index (χ1n) is 11.8. The van der Waals surface area contributed by atoms with Crippen LogP contribution in [0.2, 0.25) is 5.02 Å². The van der Waals surface area contributed by atoms with Crippen LogP contribution in [0.15, 0.2) is 89.3 Å². The fraction of sp³-hybridized carbons (Fsp3) is 0.276. The van der Waals surface area contributed by atoms with Gasteiger partial charge in [-0.1, -0.05) is 93.0 Å². The third-order valence-electron chi connectivity index (χ3n) is 6.66. The molecule has 188 valence electrons. The zero-order valence-electron chi connectivity index (χ0n) is 20.8. The number of carboxylic acid groups (broad SMARTS) is 1. The van der Waals surface area contributed by atoms with Crippen LogP contribution in [0, 0.1) is 6.92 Å². The van der Waals surface area contributed by atoms with E-state index in [4.69, 9.17) is 11.6 Å². The molecule has 3 aromatic carbocycles. The average Bonchev–Trinajstić information content (AvgIpc) is 2.83. The summed E-state index contributed by atoms with van der Waals surface area (Å²) in [5, 5.41) is 10.7. The molecule has 4 rings (SSSR count). The molecular formula is C29H30ClNO4S. The van der Waals surface area contributed by atoms with Gasteiger partial charge in [0, 0.05) is 5.02 Å². The SMILES string of the molecule is Cc1ccccc1S(=O)(=O)N1[C@@H](c2ccc(C(C)(C)C)cc2)C(C(=O)O)=CC[C@H]1c1ccc(Cl)cc1. The van der Waals surface area contributed by atoms with E-state index in [2.05, 4.69) is 20.8 Å². The minimum atomic E-state index is -4.11. The number of rotatable bonds is 5. The van der Waals surface area contributed by atoms with Gasteiger partial charge in [-0.3, -0.25) is 0 Å². The second-order valence-electron chi connectivity index (χ2n) is 10.1. The maximum atomic E-state index is 14.3. The maximum absolute atomic E-state index is 14.3. The van der Waals surface area contributed by atoms with Crippen molar-refractivity contribution in [2.24, 2.45) is 0 Å². The molecule has 0 aliphatic carbocycles. The number of aliphatic carboxylic acids is 1. The number of nitrogens with zero attached hydrogens (tertiary/aromatic N) is 1. The summed E-state index contributed by atoms with van der Waals surface area (Å²) in [6.45, 7) is 8.03.